The molecule has 0 N–H and O–H groups in total. The second kappa shape index (κ2) is 11.6. The molecule has 0 radical (unpaired) electrons. The second-order valence-corrected chi connectivity index (χ2v) is 5.93. The molecule has 0 aromatic carbocycles. The van der Waals surface area contributed by atoms with Gasteiger partial charge in [0.25, 0.3) is 0 Å². The van der Waals surface area contributed by atoms with Crippen LogP contribution in [0, 0.1) is 0 Å². The zero-order valence-corrected chi connectivity index (χ0v) is 13.6. The minimum Gasteiger partial charge on any atom is -0.466 e. The van der Waals surface area contributed by atoms with E-state index in [4.69, 9.17) is 4.74 Å². The van der Waals surface area contributed by atoms with Crippen LogP contribution in [0.1, 0.15) is 77.6 Å². The first kappa shape index (κ1) is 18.0. The van der Waals surface area contributed by atoms with Crippen molar-refractivity contribution in [1.29, 1.82) is 0 Å². The molecule has 0 bridgehead atoms. The Morgan fingerprint density at radius 1 is 0.905 bits per heavy atom. The summed E-state index contributed by atoms with van der Waals surface area (Å²) >= 11 is 0. The van der Waals surface area contributed by atoms with Crippen LogP contribution in [0.25, 0.3) is 0 Å². The van der Waals surface area contributed by atoms with Crippen molar-refractivity contribution >= 4 is 11.9 Å². The number of carbonyl (C=O) groups excluding carboxylic acids is 2. The number of rotatable bonds is 10. The van der Waals surface area contributed by atoms with Crippen molar-refractivity contribution in [3.05, 3.63) is 0 Å². The molecule has 1 amide bonds. The maximum absolute atomic E-state index is 11.9. The Morgan fingerprint density at radius 3 is 2.33 bits per heavy atom. The molecule has 0 spiro atoms. The van der Waals surface area contributed by atoms with Gasteiger partial charge < -0.3 is 9.64 Å². The number of piperidine rings is 1. The van der Waals surface area contributed by atoms with Crippen molar-refractivity contribution in [2.45, 2.75) is 77.6 Å². The van der Waals surface area contributed by atoms with Crippen LogP contribution in [-0.4, -0.2) is 36.5 Å². The van der Waals surface area contributed by atoms with Crippen molar-refractivity contribution in [2.24, 2.45) is 0 Å². The number of nitrogens with zero attached hydrogens (tertiary/aromatic N) is 1. The molecule has 0 aliphatic carbocycles. The molecule has 4 nitrogen and oxygen atoms in total. The molecule has 1 aliphatic heterocycles. The maximum Gasteiger partial charge on any atom is 0.305 e. The molecule has 4 heteroatoms. The lowest BCUT2D eigenvalue weighted by Gasteiger charge is -2.26. The monoisotopic (exact) mass is 297 g/mol. The van der Waals surface area contributed by atoms with Gasteiger partial charge in [-0.25, -0.2) is 0 Å². The van der Waals surface area contributed by atoms with Crippen molar-refractivity contribution < 1.29 is 14.3 Å². The topological polar surface area (TPSA) is 46.6 Å². The first-order valence-electron chi connectivity index (χ1n) is 8.67. The van der Waals surface area contributed by atoms with Gasteiger partial charge in [-0.05, 0) is 38.5 Å². The Morgan fingerprint density at radius 2 is 1.62 bits per heavy atom. The predicted molar refractivity (Wildman–Crippen MR) is 84.0 cm³/mol. The molecule has 1 fully saturated rings. The molecule has 21 heavy (non-hydrogen) atoms. The molecule has 1 saturated heterocycles. The van der Waals surface area contributed by atoms with Crippen LogP contribution in [0.2, 0.25) is 0 Å². The number of hydrogen-bond acceptors (Lipinski definition) is 3. The molecule has 122 valence electrons. The third-order valence-corrected chi connectivity index (χ3v) is 3.99. The normalized spacial score (nSPS) is 15.0. The highest BCUT2D eigenvalue weighted by Crippen LogP contribution is 2.12. The van der Waals surface area contributed by atoms with E-state index in [-0.39, 0.29) is 11.9 Å². The number of likely N-dealkylation sites (tertiary alicyclic amines) is 1. The number of amides is 1. The van der Waals surface area contributed by atoms with Gasteiger partial charge in [0, 0.05) is 25.9 Å². The zero-order valence-electron chi connectivity index (χ0n) is 13.6. The van der Waals surface area contributed by atoms with Gasteiger partial charge in [-0.1, -0.05) is 26.2 Å². The van der Waals surface area contributed by atoms with E-state index in [1.165, 1.54) is 19.3 Å². The summed E-state index contributed by atoms with van der Waals surface area (Å²) in [4.78, 5) is 25.4. The quantitative estimate of drug-likeness (QED) is 0.456. The molecule has 0 atom stereocenters. The van der Waals surface area contributed by atoms with Gasteiger partial charge in [0.1, 0.15) is 0 Å². The highest BCUT2D eigenvalue weighted by Gasteiger charge is 2.15. The Labute approximate surface area is 129 Å². The molecule has 0 aromatic heterocycles. The Hall–Kier alpha value is -1.06. The number of hydrogen-bond donors (Lipinski definition) is 0. The van der Waals surface area contributed by atoms with E-state index >= 15 is 0 Å². The summed E-state index contributed by atoms with van der Waals surface area (Å²) in [5, 5.41) is 0. The van der Waals surface area contributed by atoms with Crippen molar-refractivity contribution in [3.8, 4) is 0 Å². The van der Waals surface area contributed by atoms with E-state index in [0.29, 0.717) is 19.4 Å². The van der Waals surface area contributed by atoms with Crippen LogP contribution in [0.4, 0.5) is 0 Å². The van der Waals surface area contributed by atoms with Crippen LogP contribution in [0.5, 0.6) is 0 Å². The van der Waals surface area contributed by atoms with Gasteiger partial charge in [-0.2, -0.15) is 0 Å². The summed E-state index contributed by atoms with van der Waals surface area (Å²) < 4.78 is 5.18. The minimum absolute atomic E-state index is 0.114. The summed E-state index contributed by atoms with van der Waals surface area (Å²) in [5.74, 6) is 0.138. The summed E-state index contributed by atoms with van der Waals surface area (Å²) in [7, 11) is 0. The Bertz CT molecular complexity index is 298. The second-order valence-electron chi connectivity index (χ2n) is 5.93. The predicted octanol–water partition coefficient (Wildman–Crippen LogP) is 3.68. The summed E-state index contributed by atoms with van der Waals surface area (Å²) in [6, 6.07) is 0. The molecule has 1 heterocycles. The van der Waals surface area contributed by atoms with Crippen molar-refractivity contribution in [2.75, 3.05) is 19.7 Å². The Kier molecular flexibility index (Phi) is 9.92. The number of esters is 1. The van der Waals surface area contributed by atoms with E-state index in [9.17, 15) is 9.59 Å². The van der Waals surface area contributed by atoms with Gasteiger partial charge in [-0.15, -0.1) is 0 Å². The van der Waals surface area contributed by atoms with E-state index in [1.807, 2.05) is 4.90 Å². The van der Waals surface area contributed by atoms with E-state index in [2.05, 4.69) is 6.92 Å². The SMILES string of the molecule is CCCCCCOC(=O)CCCCC(=O)N1CCCCC1. The maximum atomic E-state index is 11.9. The van der Waals surface area contributed by atoms with Crippen LogP contribution in [-0.2, 0) is 14.3 Å². The van der Waals surface area contributed by atoms with Gasteiger partial charge in [0.15, 0.2) is 0 Å². The van der Waals surface area contributed by atoms with E-state index < -0.39 is 0 Å². The van der Waals surface area contributed by atoms with Crippen LogP contribution < -0.4 is 0 Å². The molecule has 0 aromatic rings. The number of unbranched alkanes of at least 4 members (excludes halogenated alkanes) is 4. The first-order valence-corrected chi connectivity index (χ1v) is 8.67. The van der Waals surface area contributed by atoms with Gasteiger partial charge >= 0.3 is 5.97 Å². The standard InChI is InChI=1S/C17H31NO3/c1-2-3-4-10-15-21-17(20)12-7-6-11-16(19)18-13-8-5-9-14-18/h2-15H2,1H3. The summed E-state index contributed by atoms with van der Waals surface area (Å²) in [6.45, 7) is 4.54. The van der Waals surface area contributed by atoms with Crippen molar-refractivity contribution in [3.63, 3.8) is 0 Å². The Balaban J connectivity index is 1.95. The van der Waals surface area contributed by atoms with Crippen molar-refractivity contribution in [1.82, 2.24) is 4.90 Å². The molecule has 1 aliphatic rings. The van der Waals surface area contributed by atoms with Gasteiger partial charge in [0.2, 0.25) is 5.91 Å². The molecule has 0 unspecified atom stereocenters. The highest BCUT2D eigenvalue weighted by atomic mass is 16.5. The largest absolute Gasteiger partial charge is 0.466 e. The third-order valence-electron chi connectivity index (χ3n) is 3.99. The lowest BCUT2D eigenvalue weighted by atomic mass is 10.1. The fraction of sp³-hybridized carbons (Fsp3) is 0.882. The fourth-order valence-electron chi connectivity index (χ4n) is 2.63. The molecular weight excluding hydrogens is 266 g/mol. The lowest BCUT2D eigenvalue weighted by molar-refractivity contribution is -0.144. The fourth-order valence-corrected chi connectivity index (χ4v) is 2.63. The van der Waals surface area contributed by atoms with Gasteiger partial charge in [0.05, 0.1) is 6.61 Å². The minimum atomic E-state index is -0.114. The van der Waals surface area contributed by atoms with Gasteiger partial charge in [-0.3, -0.25) is 9.59 Å². The van der Waals surface area contributed by atoms with E-state index in [0.717, 1.165) is 51.6 Å². The highest BCUT2D eigenvalue weighted by molar-refractivity contribution is 5.76. The average molecular weight is 297 g/mol. The summed E-state index contributed by atoms with van der Waals surface area (Å²) in [6.07, 6.45) is 10.6. The first-order chi connectivity index (χ1) is 10.2. The smallest absolute Gasteiger partial charge is 0.305 e. The molecule has 0 saturated carbocycles. The lowest BCUT2D eigenvalue weighted by Crippen LogP contribution is -2.35. The molecule has 1 rings (SSSR count). The van der Waals surface area contributed by atoms with E-state index in [1.54, 1.807) is 0 Å². The van der Waals surface area contributed by atoms with Crippen LogP contribution in [0.3, 0.4) is 0 Å². The average Bonchev–Trinajstić information content (AvgIpc) is 2.52. The number of carbonyl (C=O) groups is 2. The van der Waals surface area contributed by atoms with Crippen LogP contribution >= 0.6 is 0 Å². The third kappa shape index (κ3) is 8.74. The summed E-state index contributed by atoms with van der Waals surface area (Å²) in [5.41, 5.74) is 0. The zero-order chi connectivity index (χ0) is 15.3. The van der Waals surface area contributed by atoms with Crippen LogP contribution in [0.15, 0.2) is 0 Å². The number of ether oxygens (including phenoxy) is 1. The molecular formula is C17H31NO3.